The summed E-state index contributed by atoms with van der Waals surface area (Å²) in [6.45, 7) is 4.41. The number of hydrogen-bond donors (Lipinski definition) is 0. The zero-order valence-corrected chi connectivity index (χ0v) is 14.3. The predicted octanol–water partition coefficient (Wildman–Crippen LogP) is 5.25. The van der Waals surface area contributed by atoms with Gasteiger partial charge < -0.3 is 0 Å². The van der Waals surface area contributed by atoms with Crippen molar-refractivity contribution in [2.45, 2.75) is 20.3 Å². The van der Waals surface area contributed by atoms with Crippen molar-refractivity contribution in [3.8, 4) is 11.4 Å². The van der Waals surface area contributed by atoms with Crippen molar-refractivity contribution in [3.05, 3.63) is 43.7 Å². The molecule has 0 aliphatic heterocycles. The molecule has 1 aromatic heterocycles. The Morgan fingerprint density at radius 1 is 1.05 bits per heavy atom. The van der Waals surface area contributed by atoms with Crippen LogP contribution in [0.15, 0.2) is 24.3 Å². The first-order valence-corrected chi connectivity index (χ1v) is 7.78. The lowest BCUT2D eigenvalue weighted by atomic mass is 10.0. The van der Waals surface area contributed by atoms with Crippen LogP contribution in [0.4, 0.5) is 0 Å². The second-order valence-electron chi connectivity index (χ2n) is 4.74. The lowest BCUT2D eigenvalue weighted by Gasteiger charge is -2.07. The monoisotopic (exact) mass is 406 g/mol. The minimum absolute atomic E-state index is 0.391. The van der Waals surface area contributed by atoms with Crippen LogP contribution in [0, 0.1) is 9.49 Å². The molecule has 100 valence electrons. The van der Waals surface area contributed by atoms with E-state index in [0.29, 0.717) is 25.6 Å². The molecule has 0 atom stereocenters. The maximum absolute atomic E-state index is 6.03. The highest BCUT2D eigenvalue weighted by Crippen LogP contribution is 2.27. The Balaban J connectivity index is 2.32. The lowest BCUT2D eigenvalue weighted by molar-refractivity contribution is 0.647. The topological polar surface area (TPSA) is 25.8 Å². The molecule has 1 heterocycles. The molecule has 5 heteroatoms. The van der Waals surface area contributed by atoms with Crippen molar-refractivity contribution in [3.63, 3.8) is 0 Å². The van der Waals surface area contributed by atoms with Gasteiger partial charge in [-0.05, 0) is 40.5 Å². The summed E-state index contributed by atoms with van der Waals surface area (Å²) in [7, 11) is 0. The van der Waals surface area contributed by atoms with Gasteiger partial charge in [0.05, 0.1) is 3.57 Å². The first-order chi connectivity index (χ1) is 8.97. The quantitative estimate of drug-likeness (QED) is 0.513. The molecule has 0 amide bonds. The lowest BCUT2D eigenvalue weighted by Crippen LogP contribution is -1.96. The van der Waals surface area contributed by atoms with Crippen LogP contribution in [-0.4, -0.2) is 9.97 Å². The van der Waals surface area contributed by atoms with E-state index in [9.17, 15) is 0 Å². The van der Waals surface area contributed by atoms with Gasteiger partial charge in [-0.1, -0.05) is 61.3 Å². The molecular formula is C14H13Cl2IN2. The van der Waals surface area contributed by atoms with Crippen LogP contribution >= 0.6 is 45.8 Å². The van der Waals surface area contributed by atoms with Crippen LogP contribution in [0.25, 0.3) is 11.4 Å². The molecule has 2 rings (SSSR count). The van der Waals surface area contributed by atoms with E-state index < -0.39 is 0 Å². The van der Waals surface area contributed by atoms with E-state index in [2.05, 4.69) is 35.9 Å². The highest BCUT2D eigenvalue weighted by atomic mass is 127. The number of rotatable bonds is 3. The summed E-state index contributed by atoms with van der Waals surface area (Å²) in [6, 6.07) is 8.20. The maximum Gasteiger partial charge on any atom is 0.162 e. The van der Waals surface area contributed by atoms with Crippen LogP contribution in [0.3, 0.4) is 0 Å². The fourth-order valence-corrected chi connectivity index (χ4v) is 2.41. The fraction of sp³-hybridized carbons (Fsp3) is 0.286. The van der Waals surface area contributed by atoms with E-state index in [1.807, 2.05) is 34.7 Å². The molecular weight excluding hydrogens is 394 g/mol. The van der Waals surface area contributed by atoms with Gasteiger partial charge in [0.15, 0.2) is 5.82 Å². The highest BCUT2D eigenvalue weighted by molar-refractivity contribution is 14.1. The largest absolute Gasteiger partial charge is 0.215 e. The molecule has 0 saturated heterocycles. The van der Waals surface area contributed by atoms with Gasteiger partial charge in [0.25, 0.3) is 0 Å². The van der Waals surface area contributed by atoms with Crippen molar-refractivity contribution in [2.75, 3.05) is 0 Å². The highest BCUT2D eigenvalue weighted by Gasteiger charge is 2.10. The summed E-state index contributed by atoms with van der Waals surface area (Å²) in [4.78, 5) is 8.51. The molecule has 2 nitrogen and oxygen atoms in total. The van der Waals surface area contributed by atoms with Crippen LogP contribution in [0.1, 0.15) is 19.4 Å². The Morgan fingerprint density at radius 2 is 1.58 bits per heavy atom. The van der Waals surface area contributed by atoms with Gasteiger partial charge in [-0.15, -0.1) is 0 Å². The van der Waals surface area contributed by atoms with Crippen LogP contribution < -0.4 is 0 Å². The molecule has 0 saturated carbocycles. The molecule has 0 fully saturated rings. The summed E-state index contributed by atoms with van der Waals surface area (Å²) in [5.74, 6) is 1.20. The first kappa shape index (κ1) is 15.0. The van der Waals surface area contributed by atoms with E-state index >= 15 is 0 Å². The Morgan fingerprint density at radius 3 is 2.05 bits per heavy atom. The van der Waals surface area contributed by atoms with Crippen molar-refractivity contribution in [1.82, 2.24) is 9.97 Å². The molecule has 0 radical (unpaired) electrons. The molecule has 19 heavy (non-hydrogen) atoms. The third-order valence-corrected chi connectivity index (χ3v) is 4.83. The number of halogens is 3. The van der Waals surface area contributed by atoms with Crippen LogP contribution in [-0.2, 0) is 6.42 Å². The number of aromatic nitrogens is 2. The molecule has 0 aliphatic carbocycles. The van der Waals surface area contributed by atoms with Gasteiger partial charge in [0.1, 0.15) is 10.3 Å². The fourth-order valence-electron chi connectivity index (χ4n) is 1.78. The molecule has 0 unspecified atom stereocenters. The van der Waals surface area contributed by atoms with Gasteiger partial charge >= 0.3 is 0 Å². The Bertz CT molecular complexity index is 559. The van der Waals surface area contributed by atoms with Gasteiger partial charge in [0.2, 0.25) is 0 Å². The second-order valence-corrected chi connectivity index (χ2v) is 6.53. The summed E-state index contributed by atoms with van der Waals surface area (Å²) in [5.41, 5.74) is 2.23. The third-order valence-electron chi connectivity index (χ3n) is 2.63. The van der Waals surface area contributed by atoms with E-state index in [1.54, 1.807) is 0 Å². The predicted molar refractivity (Wildman–Crippen MR) is 88.7 cm³/mol. The molecule has 2 aromatic rings. The third kappa shape index (κ3) is 3.80. The van der Waals surface area contributed by atoms with Crippen LogP contribution in [0.2, 0.25) is 10.3 Å². The normalized spacial score (nSPS) is 11.1. The van der Waals surface area contributed by atoms with E-state index in [4.69, 9.17) is 23.2 Å². The Hall–Kier alpha value is -0.390. The molecule has 1 aromatic carbocycles. The summed E-state index contributed by atoms with van der Waals surface area (Å²) in [5, 5.41) is 0.781. The Kier molecular flexibility index (Phi) is 5.03. The molecule has 0 aliphatic rings. The number of nitrogens with zero attached hydrogens (tertiary/aromatic N) is 2. The first-order valence-electron chi connectivity index (χ1n) is 5.95. The van der Waals surface area contributed by atoms with Crippen molar-refractivity contribution in [2.24, 2.45) is 5.92 Å². The second kappa shape index (κ2) is 6.37. The zero-order chi connectivity index (χ0) is 14.0. The van der Waals surface area contributed by atoms with Gasteiger partial charge in [-0.25, -0.2) is 9.97 Å². The average molecular weight is 407 g/mol. The summed E-state index contributed by atoms with van der Waals surface area (Å²) >= 11 is 14.1. The van der Waals surface area contributed by atoms with Crippen molar-refractivity contribution in [1.29, 1.82) is 0 Å². The van der Waals surface area contributed by atoms with Gasteiger partial charge in [-0.3, -0.25) is 0 Å². The smallest absolute Gasteiger partial charge is 0.162 e. The van der Waals surface area contributed by atoms with Gasteiger partial charge in [-0.2, -0.15) is 0 Å². The molecule has 0 spiro atoms. The van der Waals surface area contributed by atoms with E-state index in [0.717, 1.165) is 12.0 Å². The maximum atomic E-state index is 6.03. The SMILES string of the molecule is CC(C)Cc1ccc(-c2nc(Cl)c(I)c(Cl)n2)cc1. The minimum atomic E-state index is 0.391. The van der Waals surface area contributed by atoms with Gasteiger partial charge in [0, 0.05) is 5.56 Å². The summed E-state index contributed by atoms with van der Waals surface area (Å²) < 4.78 is 0.682. The summed E-state index contributed by atoms with van der Waals surface area (Å²) in [6.07, 6.45) is 1.06. The average Bonchev–Trinajstić information content (AvgIpc) is 2.35. The number of hydrogen-bond acceptors (Lipinski definition) is 2. The van der Waals surface area contributed by atoms with E-state index in [1.165, 1.54) is 5.56 Å². The number of benzene rings is 1. The van der Waals surface area contributed by atoms with Crippen molar-refractivity contribution >= 4 is 45.8 Å². The van der Waals surface area contributed by atoms with Crippen LogP contribution in [0.5, 0.6) is 0 Å². The standard InChI is InChI=1S/C14H13Cl2IN2/c1-8(2)7-9-3-5-10(6-4-9)14-18-12(15)11(17)13(16)19-14/h3-6,8H,7H2,1-2H3. The zero-order valence-electron chi connectivity index (χ0n) is 10.6. The minimum Gasteiger partial charge on any atom is -0.215 e. The molecule has 0 N–H and O–H groups in total. The van der Waals surface area contributed by atoms with E-state index in [-0.39, 0.29) is 0 Å². The Labute approximate surface area is 136 Å². The molecule has 0 bridgehead atoms. The van der Waals surface area contributed by atoms with Crippen molar-refractivity contribution < 1.29 is 0 Å².